The Kier molecular flexibility index (Phi) is 8.50. The molecule has 0 aliphatic carbocycles. The number of rotatable bonds is 9. The van der Waals surface area contributed by atoms with E-state index in [1.165, 1.54) is 11.4 Å². The first-order valence-electron chi connectivity index (χ1n) is 9.12. The topological polar surface area (TPSA) is 102 Å². The highest BCUT2D eigenvalue weighted by atomic mass is 32.2. The molecule has 1 aromatic carbocycles. The molecule has 0 spiro atoms. The maximum Gasteiger partial charge on any atom is 0.325 e. The highest BCUT2D eigenvalue weighted by Crippen LogP contribution is 2.21. The molecule has 1 heterocycles. The van der Waals surface area contributed by atoms with Gasteiger partial charge in [0.15, 0.2) is 0 Å². The molecule has 11 heteroatoms. The van der Waals surface area contributed by atoms with Gasteiger partial charge in [-0.3, -0.25) is 9.59 Å². The molecule has 1 saturated heterocycles. The van der Waals surface area contributed by atoms with Crippen molar-refractivity contribution in [2.45, 2.75) is 11.8 Å². The Bertz CT molecular complexity index is 825. The Morgan fingerprint density at radius 1 is 1.28 bits per heavy atom. The molecule has 0 radical (unpaired) electrons. The van der Waals surface area contributed by atoms with Crippen LogP contribution in [0.25, 0.3) is 0 Å². The maximum atomic E-state index is 14.4. The third kappa shape index (κ3) is 5.95. The van der Waals surface area contributed by atoms with E-state index < -0.39 is 39.8 Å². The van der Waals surface area contributed by atoms with Crippen LogP contribution in [0.1, 0.15) is 17.3 Å². The van der Waals surface area contributed by atoms with Crippen LogP contribution in [0.2, 0.25) is 0 Å². The van der Waals surface area contributed by atoms with Crippen molar-refractivity contribution in [1.82, 2.24) is 9.21 Å². The van der Waals surface area contributed by atoms with Gasteiger partial charge in [-0.1, -0.05) is 0 Å². The molecule has 0 bridgehead atoms. The van der Waals surface area contributed by atoms with Gasteiger partial charge < -0.3 is 19.1 Å². The minimum atomic E-state index is -3.91. The van der Waals surface area contributed by atoms with Crippen LogP contribution in [-0.2, 0) is 29.0 Å². The van der Waals surface area contributed by atoms with Gasteiger partial charge in [-0.25, -0.2) is 12.8 Å². The molecular weight excluding hydrogens is 407 g/mol. The molecule has 0 aromatic heterocycles. The number of carbonyl (C=O) groups is 2. The molecule has 162 valence electrons. The van der Waals surface area contributed by atoms with Crippen molar-refractivity contribution >= 4 is 21.9 Å². The minimum absolute atomic E-state index is 0.00797. The molecule has 0 N–H and O–H groups in total. The van der Waals surface area contributed by atoms with Gasteiger partial charge in [0.05, 0.1) is 36.9 Å². The van der Waals surface area contributed by atoms with Gasteiger partial charge >= 0.3 is 5.97 Å². The van der Waals surface area contributed by atoms with E-state index in [4.69, 9.17) is 14.2 Å². The smallest absolute Gasteiger partial charge is 0.325 e. The third-order valence-corrected chi connectivity index (χ3v) is 6.15. The van der Waals surface area contributed by atoms with Crippen LogP contribution >= 0.6 is 0 Å². The first-order valence-corrected chi connectivity index (χ1v) is 10.6. The molecule has 9 nitrogen and oxygen atoms in total. The number of hydrogen-bond donors (Lipinski definition) is 0. The van der Waals surface area contributed by atoms with Crippen molar-refractivity contribution in [3.8, 4) is 0 Å². The van der Waals surface area contributed by atoms with Crippen LogP contribution in [0.3, 0.4) is 0 Å². The maximum absolute atomic E-state index is 14.4. The lowest BCUT2D eigenvalue weighted by Crippen LogP contribution is -2.41. The van der Waals surface area contributed by atoms with Gasteiger partial charge in [-0.15, -0.1) is 0 Å². The number of ether oxygens (including phenoxy) is 3. The summed E-state index contributed by atoms with van der Waals surface area (Å²) in [6.07, 6.45) is 0. The molecule has 29 heavy (non-hydrogen) atoms. The number of carbonyl (C=O) groups excluding carboxylic acids is 2. The minimum Gasteiger partial charge on any atom is -0.465 e. The average Bonchev–Trinajstić information content (AvgIpc) is 2.71. The Morgan fingerprint density at radius 2 is 1.97 bits per heavy atom. The van der Waals surface area contributed by atoms with E-state index in [1.807, 2.05) is 0 Å². The summed E-state index contributed by atoms with van der Waals surface area (Å²) in [6, 6.07) is 3.04. The van der Waals surface area contributed by atoms with Crippen molar-refractivity contribution in [1.29, 1.82) is 0 Å². The zero-order valence-corrected chi connectivity index (χ0v) is 17.2. The first kappa shape index (κ1) is 23.2. The summed E-state index contributed by atoms with van der Waals surface area (Å²) in [5.74, 6) is -2.37. The lowest BCUT2D eigenvalue weighted by molar-refractivity contribution is -0.143. The molecule has 1 aliphatic heterocycles. The van der Waals surface area contributed by atoms with Crippen molar-refractivity contribution in [2.24, 2.45) is 0 Å². The Hall–Kier alpha value is -2.08. The number of halogens is 1. The van der Waals surface area contributed by atoms with Gasteiger partial charge in [0, 0.05) is 26.7 Å². The predicted molar refractivity (Wildman–Crippen MR) is 100 cm³/mol. The monoisotopic (exact) mass is 432 g/mol. The summed E-state index contributed by atoms with van der Waals surface area (Å²) >= 11 is 0. The summed E-state index contributed by atoms with van der Waals surface area (Å²) < 4.78 is 56.2. The molecule has 1 fully saturated rings. The zero-order chi connectivity index (χ0) is 21.4. The van der Waals surface area contributed by atoms with Crippen molar-refractivity contribution in [3.05, 3.63) is 29.6 Å². The third-order valence-electron chi connectivity index (χ3n) is 4.25. The standard InChI is InChI=1S/C18H25FN2O7S/c1-3-28-17(22)13-20(6-9-26-2)18(23)15-12-14(4-5-16(15)19)29(24,25)21-7-10-27-11-8-21/h4-5,12H,3,6-11,13H2,1-2H3. The van der Waals surface area contributed by atoms with Crippen molar-refractivity contribution < 1.29 is 36.6 Å². The Morgan fingerprint density at radius 3 is 2.59 bits per heavy atom. The second kappa shape index (κ2) is 10.6. The summed E-state index contributed by atoms with van der Waals surface area (Å²) in [7, 11) is -2.49. The Labute approximate surface area is 169 Å². The van der Waals surface area contributed by atoms with E-state index in [0.717, 1.165) is 23.1 Å². The average molecular weight is 432 g/mol. The fourth-order valence-electron chi connectivity index (χ4n) is 2.75. The van der Waals surface area contributed by atoms with Gasteiger partial charge in [-0.2, -0.15) is 4.31 Å². The number of hydrogen-bond acceptors (Lipinski definition) is 7. The van der Waals surface area contributed by atoms with E-state index in [0.29, 0.717) is 0 Å². The van der Waals surface area contributed by atoms with Gasteiger partial charge in [0.25, 0.3) is 5.91 Å². The lowest BCUT2D eigenvalue weighted by atomic mass is 10.2. The van der Waals surface area contributed by atoms with Crippen molar-refractivity contribution in [2.75, 3.05) is 59.7 Å². The van der Waals surface area contributed by atoms with Crippen LogP contribution in [0.15, 0.2) is 23.1 Å². The number of nitrogens with zero attached hydrogens (tertiary/aromatic N) is 2. The number of methoxy groups -OCH3 is 1. The highest BCUT2D eigenvalue weighted by Gasteiger charge is 2.29. The molecule has 1 aromatic rings. The second-order valence-corrected chi connectivity index (χ2v) is 8.12. The highest BCUT2D eigenvalue weighted by molar-refractivity contribution is 7.89. The molecule has 0 unspecified atom stereocenters. The number of benzene rings is 1. The van der Waals surface area contributed by atoms with Gasteiger partial charge in [0.1, 0.15) is 12.4 Å². The Balaban J connectivity index is 2.32. The molecular formula is C18H25FN2O7S. The quantitative estimate of drug-likeness (QED) is 0.524. The fraction of sp³-hybridized carbons (Fsp3) is 0.556. The van der Waals surface area contributed by atoms with Crippen LogP contribution in [0.4, 0.5) is 4.39 Å². The molecule has 1 amide bonds. The number of morpholine rings is 1. The van der Waals surface area contributed by atoms with E-state index in [1.54, 1.807) is 6.92 Å². The normalized spacial score (nSPS) is 15.1. The fourth-order valence-corrected chi connectivity index (χ4v) is 4.19. The molecule has 0 atom stereocenters. The number of sulfonamides is 1. The van der Waals surface area contributed by atoms with Gasteiger partial charge in [-0.05, 0) is 25.1 Å². The van der Waals surface area contributed by atoms with Crippen LogP contribution < -0.4 is 0 Å². The molecule has 0 saturated carbocycles. The van der Waals surface area contributed by atoms with Crippen LogP contribution in [0, 0.1) is 5.82 Å². The summed E-state index contributed by atoms with van der Waals surface area (Å²) in [5, 5.41) is 0. The summed E-state index contributed by atoms with van der Waals surface area (Å²) in [5.41, 5.74) is -0.445. The van der Waals surface area contributed by atoms with Crippen LogP contribution in [0.5, 0.6) is 0 Å². The molecule has 1 aliphatic rings. The summed E-state index contributed by atoms with van der Waals surface area (Å²) in [4.78, 5) is 25.5. The van der Waals surface area contributed by atoms with E-state index in [-0.39, 0.29) is 51.0 Å². The summed E-state index contributed by atoms with van der Waals surface area (Å²) in [6.45, 7) is 2.33. The lowest BCUT2D eigenvalue weighted by Gasteiger charge is -2.26. The van der Waals surface area contributed by atoms with E-state index in [9.17, 15) is 22.4 Å². The zero-order valence-electron chi connectivity index (χ0n) is 16.4. The number of esters is 1. The van der Waals surface area contributed by atoms with Crippen molar-refractivity contribution in [3.63, 3.8) is 0 Å². The molecule has 2 rings (SSSR count). The SMILES string of the molecule is CCOC(=O)CN(CCOC)C(=O)c1cc(S(=O)(=O)N2CCOCC2)ccc1F. The second-order valence-electron chi connectivity index (χ2n) is 6.18. The number of amides is 1. The van der Waals surface area contributed by atoms with Gasteiger partial charge in [0.2, 0.25) is 10.0 Å². The largest absolute Gasteiger partial charge is 0.465 e. The van der Waals surface area contributed by atoms with E-state index in [2.05, 4.69) is 0 Å². The predicted octanol–water partition coefficient (Wildman–Crippen LogP) is 0.498. The van der Waals surface area contributed by atoms with E-state index >= 15 is 0 Å². The van der Waals surface area contributed by atoms with Crippen LogP contribution in [-0.4, -0.2) is 89.2 Å². The first-order chi connectivity index (χ1) is 13.8.